The Bertz CT molecular complexity index is 671. The number of carbonyl (C=O) groups is 2. The van der Waals surface area contributed by atoms with Crippen molar-refractivity contribution in [1.29, 1.82) is 0 Å². The van der Waals surface area contributed by atoms with Crippen LogP contribution in [0.25, 0.3) is 0 Å². The van der Waals surface area contributed by atoms with Crippen molar-refractivity contribution in [3.8, 4) is 0 Å². The molecule has 2 rings (SSSR count). The lowest BCUT2D eigenvalue weighted by Crippen LogP contribution is -2.38. The molecule has 3 amide bonds. The number of imide groups is 1. The van der Waals surface area contributed by atoms with Gasteiger partial charge in [0, 0.05) is 22.8 Å². The minimum atomic E-state index is -0.532. The first-order valence-electron chi connectivity index (χ1n) is 6.20. The standard InChI is InChI=1S/C15H14BrN3O2/c1-10(20)19(14-4-2-3-12(17)9-14)15(21)18-13-7-5-11(16)6-8-13/h2-9H,17H2,1H3,(H,18,21). The second-order valence-electron chi connectivity index (χ2n) is 4.39. The van der Waals surface area contributed by atoms with Gasteiger partial charge in [0.15, 0.2) is 0 Å². The summed E-state index contributed by atoms with van der Waals surface area (Å²) in [5, 5.41) is 2.67. The van der Waals surface area contributed by atoms with Crippen LogP contribution in [-0.2, 0) is 4.79 Å². The minimum absolute atomic E-state index is 0.393. The monoisotopic (exact) mass is 347 g/mol. The Morgan fingerprint density at radius 3 is 2.38 bits per heavy atom. The van der Waals surface area contributed by atoms with Crippen LogP contribution in [0, 0.1) is 0 Å². The zero-order valence-electron chi connectivity index (χ0n) is 11.3. The van der Waals surface area contributed by atoms with Gasteiger partial charge in [-0.25, -0.2) is 9.69 Å². The molecule has 0 radical (unpaired) electrons. The van der Waals surface area contributed by atoms with E-state index in [2.05, 4.69) is 21.2 Å². The lowest BCUT2D eigenvalue weighted by atomic mass is 10.2. The number of hydrogen-bond donors (Lipinski definition) is 2. The van der Waals surface area contributed by atoms with Gasteiger partial charge >= 0.3 is 6.03 Å². The van der Waals surface area contributed by atoms with Crippen LogP contribution in [-0.4, -0.2) is 11.9 Å². The first-order chi connectivity index (χ1) is 9.97. The van der Waals surface area contributed by atoms with Gasteiger partial charge in [-0.05, 0) is 42.5 Å². The van der Waals surface area contributed by atoms with E-state index in [-0.39, 0.29) is 0 Å². The number of rotatable bonds is 2. The minimum Gasteiger partial charge on any atom is -0.399 e. The van der Waals surface area contributed by atoms with Crippen LogP contribution in [0.1, 0.15) is 6.92 Å². The Morgan fingerprint density at radius 1 is 1.14 bits per heavy atom. The van der Waals surface area contributed by atoms with E-state index in [4.69, 9.17) is 5.73 Å². The molecule has 5 nitrogen and oxygen atoms in total. The topological polar surface area (TPSA) is 75.4 Å². The lowest BCUT2D eigenvalue weighted by Gasteiger charge is -2.20. The Labute approximate surface area is 130 Å². The second-order valence-corrected chi connectivity index (χ2v) is 5.30. The van der Waals surface area contributed by atoms with Gasteiger partial charge in [0.1, 0.15) is 0 Å². The number of nitrogens with one attached hydrogen (secondary N) is 1. The Kier molecular flexibility index (Phi) is 4.59. The summed E-state index contributed by atoms with van der Waals surface area (Å²) in [6.07, 6.45) is 0. The molecule has 2 aromatic rings. The number of amides is 3. The molecule has 0 saturated heterocycles. The average molecular weight is 348 g/mol. The van der Waals surface area contributed by atoms with Crippen LogP contribution in [0.15, 0.2) is 53.0 Å². The number of nitrogen functional groups attached to an aromatic ring is 1. The molecule has 0 aliphatic rings. The number of benzene rings is 2. The second kappa shape index (κ2) is 6.41. The highest BCUT2D eigenvalue weighted by atomic mass is 79.9. The van der Waals surface area contributed by atoms with Gasteiger partial charge in [-0.2, -0.15) is 0 Å². The van der Waals surface area contributed by atoms with Gasteiger partial charge in [-0.15, -0.1) is 0 Å². The van der Waals surface area contributed by atoms with Crippen molar-refractivity contribution in [1.82, 2.24) is 0 Å². The fourth-order valence-corrected chi connectivity index (χ4v) is 2.08. The molecule has 6 heteroatoms. The molecule has 0 aliphatic carbocycles. The number of halogens is 1. The maximum atomic E-state index is 12.3. The van der Waals surface area contributed by atoms with E-state index in [0.29, 0.717) is 17.1 Å². The zero-order valence-corrected chi connectivity index (χ0v) is 12.9. The van der Waals surface area contributed by atoms with E-state index in [1.807, 2.05) is 0 Å². The summed E-state index contributed by atoms with van der Waals surface area (Å²) in [5.41, 5.74) is 7.20. The van der Waals surface area contributed by atoms with E-state index < -0.39 is 11.9 Å². The fourth-order valence-electron chi connectivity index (χ4n) is 1.82. The summed E-state index contributed by atoms with van der Waals surface area (Å²) in [5.74, 6) is -0.393. The van der Waals surface area contributed by atoms with Crippen molar-refractivity contribution in [3.63, 3.8) is 0 Å². The molecule has 0 atom stereocenters. The highest BCUT2D eigenvalue weighted by Gasteiger charge is 2.20. The molecule has 21 heavy (non-hydrogen) atoms. The first-order valence-corrected chi connectivity index (χ1v) is 6.99. The molecule has 0 spiro atoms. The number of nitrogens with two attached hydrogens (primary N) is 1. The van der Waals surface area contributed by atoms with Crippen LogP contribution in [0.3, 0.4) is 0 Å². The Morgan fingerprint density at radius 2 is 1.81 bits per heavy atom. The third-order valence-corrected chi connectivity index (χ3v) is 3.27. The van der Waals surface area contributed by atoms with Crippen molar-refractivity contribution in [3.05, 3.63) is 53.0 Å². The molecular formula is C15H14BrN3O2. The first kappa shape index (κ1) is 15.1. The SMILES string of the molecule is CC(=O)N(C(=O)Nc1ccc(Br)cc1)c1cccc(N)c1. The largest absolute Gasteiger partial charge is 0.399 e. The average Bonchev–Trinajstić information content (AvgIpc) is 2.41. The van der Waals surface area contributed by atoms with Crippen molar-refractivity contribution < 1.29 is 9.59 Å². The van der Waals surface area contributed by atoms with Crippen molar-refractivity contribution in [2.45, 2.75) is 6.92 Å². The van der Waals surface area contributed by atoms with E-state index in [1.54, 1.807) is 48.5 Å². The molecule has 0 unspecified atom stereocenters. The van der Waals surface area contributed by atoms with E-state index >= 15 is 0 Å². The number of urea groups is 1. The van der Waals surface area contributed by atoms with Crippen LogP contribution < -0.4 is 16.0 Å². The maximum Gasteiger partial charge on any atom is 0.333 e. The summed E-state index contributed by atoms with van der Waals surface area (Å²) in [7, 11) is 0. The number of carbonyl (C=O) groups excluding carboxylic acids is 2. The van der Waals surface area contributed by atoms with Gasteiger partial charge in [0.05, 0.1) is 5.69 Å². The summed E-state index contributed by atoms with van der Waals surface area (Å²) < 4.78 is 0.903. The third kappa shape index (κ3) is 3.82. The molecule has 2 aromatic carbocycles. The van der Waals surface area contributed by atoms with Gasteiger partial charge in [-0.3, -0.25) is 4.79 Å². The number of anilines is 3. The van der Waals surface area contributed by atoms with Gasteiger partial charge in [-0.1, -0.05) is 22.0 Å². The molecule has 0 aliphatic heterocycles. The quantitative estimate of drug-likeness (QED) is 0.814. The smallest absolute Gasteiger partial charge is 0.333 e. The number of hydrogen-bond acceptors (Lipinski definition) is 3. The Balaban J connectivity index is 2.24. The zero-order chi connectivity index (χ0) is 15.4. The normalized spacial score (nSPS) is 10.0. The molecule has 3 N–H and O–H groups in total. The third-order valence-electron chi connectivity index (χ3n) is 2.74. The van der Waals surface area contributed by atoms with E-state index in [0.717, 1.165) is 9.37 Å². The molecule has 0 aromatic heterocycles. The maximum absolute atomic E-state index is 12.3. The summed E-state index contributed by atoms with van der Waals surface area (Å²) in [6.45, 7) is 1.32. The fraction of sp³-hybridized carbons (Fsp3) is 0.0667. The van der Waals surface area contributed by atoms with E-state index in [9.17, 15) is 9.59 Å². The highest BCUT2D eigenvalue weighted by molar-refractivity contribution is 9.10. The molecule has 0 saturated carbocycles. The number of nitrogens with zero attached hydrogens (tertiary/aromatic N) is 1. The van der Waals surface area contributed by atoms with Crippen LogP contribution >= 0.6 is 15.9 Å². The van der Waals surface area contributed by atoms with Crippen LogP contribution in [0.4, 0.5) is 21.9 Å². The summed E-state index contributed by atoms with van der Waals surface area (Å²) in [4.78, 5) is 25.1. The lowest BCUT2D eigenvalue weighted by molar-refractivity contribution is -0.115. The molecule has 0 heterocycles. The molecular weight excluding hydrogens is 334 g/mol. The predicted molar refractivity (Wildman–Crippen MR) is 87.2 cm³/mol. The van der Waals surface area contributed by atoms with Crippen LogP contribution in [0.5, 0.6) is 0 Å². The Hall–Kier alpha value is -2.34. The highest BCUT2D eigenvalue weighted by Crippen LogP contribution is 2.20. The van der Waals surface area contributed by atoms with Crippen molar-refractivity contribution in [2.24, 2.45) is 0 Å². The van der Waals surface area contributed by atoms with Gasteiger partial charge in [0.25, 0.3) is 0 Å². The van der Waals surface area contributed by atoms with Crippen molar-refractivity contribution >= 4 is 44.9 Å². The van der Waals surface area contributed by atoms with Crippen molar-refractivity contribution in [2.75, 3.05) is 16.0 Å². The molecule has 0 fully saturated rings. The summed E-state index contributed by atoms with van der Waals surface area (Å²) >= 11 is 3.32. The van der Waals surface area contributed by atoms with E-state index in [1.165, 1.54) is 6.92 Å². The van der Waals surface area contributed by atoms with Crippen LogP contribution in [0.2, 0.25) is 0 Å². The predicted octanol–water partition coefficient (Wildman–Crippen LogP) is 3.62. The van der Waals surface area contributed by atoms with Gasteiger partial charge in [0.2, 0.25) is 5.91 Å². The summed E-state index contributed by atoms with van der Waals surface area (Å²) in [6, 6.07) is 13.1. The molecule has 108 valence electrons. The molecule has 0 bridgehead atoms. The van der Waals surface area contributed by atoms with Gasteiger partial charge < -0.3 is 11.1 Å².